The van der Waals surface area contributed by atoms with Crippen LogP contribution in [0.1, 0.15) is 42.5 Å². The third kappa shape index (κ3) is 6.57. The number of carbonyl (C=O) groups excluding carboxylic acids is 2. The molecule has 3 N–H and O–H groups in total. The Bertz CT molecular complexity index is 1070. The van der Waals surface area contributed by atoms with E-state index in [0.29, 0.717) is 35.6 Å². The molecule has 2 amide bonds. The second-order valence-corrected chi connectivity index (χ2v) is 9.26. The number of amides is 2. The lowest BCUT2D eigenvalue weighted by Crippen LogP contribution is -2.38. The zero-order chi connectivity index (χ0) is 24.1. The molecule has 2 aromatic rings. The highest BCUT2D eigenvalue weighted by molar-refractivity contribution is 8.18. The van der Waals surface area contributed by atoms with Crippen molar-refractivity contribution in [2.45, 2.75) is 50.4 Å². The second-order valence-electron chi connectivity index (χ2n) is 8.25. The summed E-state index contributed by atoms with van der Waals surface area (Å²) in [5.74, 6) is 0.0510. The summed E-state index contributed by atoms with van der Waals surface area (Å²) in [6.45, 7) is 0.710. The first kappa shape index (κ1) is 24.2. The van der Waals surface area contributed by atoms with Crippen molar-refractivity contribution in [2.24, 2.45) is 0 Å². The van der Waals surface area contributed by atoms with Crippen LogP contribution in [-0.2, 0) is 17.4 Å². The van der Waals surface area contributed by atoms with Crippen LogP contribution in [0.3, 0.4) is 0 Å². The summed E-state index contributed by atoms with van der Waals surface area (Å²) in [5.41, 5.74) is 0.795. The molecule has 1 aromatic carbocycles. The van der Waals surface area contributed by atoms with E-state index in [9.17, 15) is 22.8 Å². The van der Waals surface area contributed by atoms with Crippen LogP contribution in [-0.4, -0.2) is 39.7 Å². The first-order valence-electron chi connectivity index (χ1n) is 11.0. The minimum Gasteiger partial charge on any atom is -0.351 e. The lowest BCUT2D eigenvalue weighted by molar-refractivity contribution is -0.137. The van der Waals surface area contributed by atoms with Crippen molar-refractivity contribution in [2.75, 3.05) is 11.9 Å². The number of rotatable bonds is 7. The van der Waals surface area contributed by atoms with E-state index in [1.54, 1.807) is 18.3 Å². The summed E-state index contributed by atoms with van der Waals surface area (Å²) in [6.07, 6.45) is 3.33. The number of anilines is 1. The van der Waals surface area contributed by atoms with Gasteiger partial charge >= 0.3 is 6.18 Å². The van der Waals surface area contributed by atoms with Crippen LogP contribution in [0.4, 0.5) is 23.9 Å². The summed E-state index contributed by atoms with van der Waals surface area (Å²) in [7, 11) is 0. The third-order valence-corrected chi connectivity index (χ3v) is 6.60. The van der Waals surface area contributed by atoms with Crippen LogP contribution in [0.25, 0.3) is 6.08 Å². The Hall–Kier alpha value is -2.92. The van der Waals surface area contributed by atoms with Gasteiger partial charge in [0.2, 0.25) is 5.95 Å². The largest absolute Gasteiger partial charge is 0.416 e. The van der Waals surface area contributed by atoms with Crippen molar-refractivity contribution in [3.8, 4) is 0 Å². The van der Waals surface area contributed by atoms with E-state index in [1.165, 1.54) is 12.1 Å². The molecule has 0 spiro atoms. The number of hydrogen-bond acceptors (Lipinski definition) is 7. The zero-order valence-electron chi connectivity index (χ0n) is 18.2. The molecule has 1 aliphatic carbocycles. The van der Waals surface area contributed by atoms with Crippen LogP contribution >= 0.6 is 11.8 Å². The summed E-state index contributed by atoms with van der Waals surface area (Å²) in [6, 6.07) is 7.57. The van der Waals surface area contributed by atoms with Gasteiger partial charge in [-0.15, -0.1) is 0 Å². The van der Waals surface area contributed by atoms with E-state index < -0.39 is 22.9 Å². The SMILES string of the molecule is O=C1NC(=O)/C(=C/c2ccnc(N[C@H]3CC[C@H](NCCc4ccc(C(F)(F)F)cc4)CC3)n2)S1. The summed E-state index contributed by atoms with van der Waals surface area (Å²) in [5, 5.41) is 8.66. The van der Waals surface area contributed by atoms with E-state index in [1.807, 2.05) is 0 Å². The third-order valence-electron chi connectivity index (χ3n) is 5.79. The molecule has 0 atom stereocenters. The highest BCUT2D eigenvalue weighted by Gasteiger charge is 2.30. The molecule has 2 fully saturated rings. The normalized spacial score (nSPS) is 22.1. The summed E-state index contributed by atoms with van der Waals surface area (Å²) in [4.78, 5) is 32.0. The molecule has 0 bridgehead atoms. The molecule has 1 aromatic heterocycles. The van der Waals surface area contributed by atoms with Crippen molar-refractivity contribution in [3.63, 3.8) is 0 Å². The minimum absolute atomic E-state index is 0.224. The molecule has 180 valence electrons. The number of benzene rings is 1. The van der Waals surface area contributed by atoms with E-state index in [0.717, 1.165) is 55.1 Å². The van der Waals surface area contributed by atoms with Crippen LogP contribution in [0.5, 0.6) is 0 Å². The number of carbonyl (C=O) groups is 2. The fraction of sp³-hybridized carbons (Fsp3) is 0.391. The monoisotopic (exact) mass is 491 g/mol. The molecule has 11 heteroatoms. The second kappa shape index (κ2) is 10.6. The smallest absolute Gasteiger partial charge is 0.351 e. The van der Waals surface area contributed by atoms with Gasteiger partial charge in [-0.05, 0) is 80.2 Å². The van der Waals surface area contributed by atoms with Gasteiger partial charge in [0, 0.05) is 18.3 Å². The molecule has 34 heavy (non-hydrogen) atoms. The molecular formula is C23H24F3N5O2S. The molecule has 2 heterocycles. The Labute approximate surface area is 199 Å². The standard InChI is InChI=1S/C23H24F3N5O2S/c24-23(25,26)15-3-1-14(2-4-15)9-11-27-16-5-7-17(8-6-16)29-21-28-12-10-18(30-21)13-19-20(32)31-22(33)34-19/h1-4,10,12-13,16-17,27H,5-9,11H2,(H,28,29,30)(H,31,32,33)/b19-13-/t16-,17-. The molecule has 1 saturated heterocycles. The van der Waals surface area contributed by atoms with Gasteiger partial charge < -0.3 is 10.6 Å². The molecule has 4 rings (SSSR count). The Morgan fingerprint density at radius 1 is 1.06 bits per heavy atom. The van der Waals surface area contributed by atoms with E-state index in [-0.39, 0.29) is 6.04 Å². The molecule has 2 aliphatic rings. The van der Waals surface area contributed by atoms with Gasteiger partial charge in [0.05, 0.1) is 16.2 Å². The zero-order valence-corrected chi connectivity index (χ0v) is 19.0. The number of alkyl halides is 3. The predicted octanol–water partition coefficient (Wildman–Crippen LogP) is 4.37. The Morgan fingerprint density at radius 3 is 2.41 bits per heavy atom. The van der Waals surface area contributed by atoms with Gasteiger partial charge in [-0.1, -0.05) is 12.1 Å². The van der Waals surface area contributed by atoms with Gasteiger partial charge in [0.15, 0.2) is 0 Å². The lowest BCUT2D eigenvalue weighted by Gasteiger charge is -2.29. The first-order chi connectivity index (χ1) is 16.3. The van der Waals surface area contributed by atoms with Crippen molar-refractivity contribution >= 4 is 34.9 Å². The van der Waals surface area contributed by atoms with Gasteiger partial charge in [0.1, 0.15) is 0 Å². The maximum atomic E-state index is 12.7. The van der Waals surface area contributed by atoms with Gasteiger partial charge in [-0.3, -0.25) is 14.9 Å². The van der Waals surface area contributed by atoms with E-state index in [4.69, 9.17) is 0 Å². The van der Waals surface area contributed by atoms with Crippen LogP contribution in [0, 0.1) is 0 Å². The number of hydrogen-bond donors (Lipinski definition) is 3. The van der Waals surface area contributed by atoms with E-state index in [2.05, 4.69) is 25.9 Å². The van der Waals surface area contributed by atoms with Crippen LogP contribution in [0.2, 0.25) is 0 Å². The van der Waals surface area contributed by atoms with Gasteiger partial charge in [0.25, 0.3) is 11.1 Å². The number of aromatic nitrogens is 2. The van der Waals surface area contributed by atoms with E-state index >= 15 is 0 Å². The maximum Gasteiger partial charge on any atom is 0.416 e. The fourth-order valence-corrected chi connectivity index (χ4v) is 4.65. The lowest BCUT2D eigenvalue weighted by atomic mass is 9.91. The Balaban J connectivity index is 1.21. The van der Waals surface area contributed by atoms with Crippen molar-refractivity contribution < 1.29 is 22.8 Å². The molecule has 1 saturated carbocycles. The predicted molar refractivity (Wildman–Crippen MR) is 124 cm³/mol. The Morgan fingerprint density at radius 2 is 1.76 bits per heavy atom. The highest BCUT2D eigenvalue weighted by atomic mass is 32.2. The molecule has 1 aliphatic heterocycles. The highest BCUT2D eigenvalue weighted by Crippen LogP contribution is 2.29. The quantitative estimate of drug-likeness (QED) is 0.495. The molecular weight excluding hydrogens is 467 g/mol. The number of nitrogens with one attached hydrogen (secondary N) is 3. The van der Waals surface area contributed by atoms with Crippen molar-refractivity contribution in [3.05, 3.63) is 58.3 Å². The summed E-state index contributed by atoms with van der Waals surface area (Å²) >= 11 is 0.845. The number of thioether (sulfide) groups is 1. The summed E-state index contributed by atoms with van der Waals surface area (Å²) < 4.78 is 38.0. The number of imide groups is 1. The van der Waals surface area contributed by atoms with Crippen molar-refractivity contribution in [1.29, 1.82) is 0 Å². The van der Waals surface area contributed by atoms with Crippen LogP contribution in [0.15, 0.2) is 41.4 Å². The van der Waals surface area contributed by atoms with Crippen molar-refractivity contribution in [1.82, 2.24) is 20.6 Å². The number of nitrogens with zero attached hydrogens (tertiary/aromatic N) is 2. The van der Waals surface area contributed by atoms with Gasteiger partial charge in [-0.2, -0.15) is 13.2 Å². The van der Waals surface area contributed by atoms with Gasteiger partial charge in [-0.25, -0.2) is 9.97 Å². The minimum atomic E-state index is -4.31. The average Bonchev–Trinajstić information content (AvgIpc) is 3.11. The Kier molecular flexibility index (Phi) is 7.52. The first-order valence-corrected chi connectivity index (χ1v) is 11.8. The molecule has 0 radical (unpaired) electrons. The average molecular weight is 492 g/mol. The molecule has 7 nitrogen and oxygen atoms in total. The topological polar surface area (TPSA) is 96.0 Å². The molecule has 0 unspecified atom stereocenters. The fourth-order valence-electron chi connectivity index (χ4n) is 3.98. The number of halogens is 3. The maximum absolute atomic E-state index is 12.7. The van der Waals surface area contributed by atoms with Crippen LogP contribution < -0.4 is 16.0 Å².